The Balaban J connectivity index is 2.75. The van der Waals surface area contributed by atoms with Gasteiger partial charge in [-0.15, -0.1) is 0 Å². The van der Waals surface area contributed by atoms with Gasteiger partial charge in [0.15, 0.2) is 0 Å². The van der Waals surface area contributed by atoms with Crippen molar-refractivity contribution < 1.29 is 27.0 Å². The SMILES string of the molecule is COC(C)[O][Zn]. The molecule has 0 aliphatic heterocycles. The van der Waals surface area contributed by atoms with Crippen LogP contribution in [0.2, 0.25) is 0 Å². The Hall–Kier alpha value is 0.543. The predicted octanol–water partition coefficient (Wildman–Crippen LogP) is 0.457. The summed E-state index contributed by atoms with van der Waals surface area (Å²) in [5, 5.41) is 0. The van der Waals surface area contributed by atoms with Gasteiger partial charge in [-0.05, 0) is 0 Å². The van der Waals surface area contributed by atoms with Crippen LogP contribution in [0.25, 0.3) is 0 Å². The van der Waals surface area contributed by atoms with Crippen molar-refractivity contribution in [2.24, 2.45) is 0 Å². The van der Waals surface area contributed by atoms with E-state index in [4.69, 9.17) is 8.30 Å². The van der Waals surface area contributed by atoms with Gasteiger partial charge in [0.05, 0.1) is 0 Å². The van der Waals surface area contributed by atoms with E-state index in [0.717, 1.165) is 18.7 Å². The van der Waals surface area contributed by atoms with Gasteiger partial charge in [0.25, 0.3) is 0 Å². The normalized spacial score (nSPS) is 14.7. The van der Waals surface area contributed by atoms with Crippen molar-refractivity contribution in [2.45, 2.75) is 13.2 Å². The van der Waals surface area contributed by atoms with Gasteiger partial charge in [-0.1, -0.05) is 0 Å². The third-order valence-electron chi connectivity index (χ3n) is 0.567. The summed E-state index contributed by atoms with van der Waals surface area (Å²) in [6.45, 7) is 1.86. The zero-order valence-corrected chi connectivity index (χ0v) is 7.07. The Kier molecular flexibility index (Phi) is 4.06. The molecule has 0 aromatic rings. The van der Waals surface area contributed by atoms with E-state index in [1.165, 1.54) is 0 Å². The first-order valence-corrected chi connectivity index (χ1v) is 2.96. The monoisotopic (exact) mass is 139 g/mol. The van der Waals surface area contributed by atoms with Gasteiger partial charge in [0.1, 0.15) is 0 Å². The number of hydrogen-bond acceptors (Lipinski definition) is 2. The first-order chi connectivity index (χ1) is 2.81. The van der Waals surface area contributed by atoms with Gasteiger partial charge in [0, 0.05) is 0 Å². The zero-order valence-electron chi connectivity index (χ0n) is 4.10. The number of methoxy groups -OCH3 is 1. The van der Waals surface area contributed by atoms with Gasteiger partial charge in [-0.2, -0.15) is 0 Å². The molecule has 0 bridgehead atoms. The molecule has 2 nitrogen and oxygen atoms in total. The second-order valence-electron chi connectivity index (χ2n) is 0.970. The van der Waals surface area contributed by atoms with E-state index in [2.05, 4.69) is 0 Å². The van der Waals surface area contributed by atoms with E-state index in [1.807, 2.05) is 6.92 Å². The molecule has 0 spiro atoms. The fourth-order valence-corrected chi connectivity index (χ4v) is 0.354. The zero-order chi connectivity index (χ0) is 4.99. The van der Waals surface area contributed by atoms with Crippen molar-refractivity contribution in [1.29, 1.82) is 0 Å². The number of hydrogen-bond donors (Lipinski definition) is 0. The fourth-order valence-electron chi connectivity index (χ4n) is 0.0680. The molecular formula is C3H7O2Zn. The van der Waals surface area contributed by atoms with Crippen LogP contribution < -0.4 is 0 Å². The van der Waals surface area contributed by atoms with Crippen molar-refractivity contribution in [3.05, 3.63) is 0 Å². The summed E-state index contributed by atoms with van der Waals surface area (Å²) in [4.78, 5) is 0. The van der Waals surface area contributed by atoms with Crippen LogP contribution in [-0.2, 0) is 27.0 Å². The minimum absolute atomic E-state index is 0.00926. The number of ether oxygens (including phenoxy) is 1. The average molecular weight is 140 g/mol. The maximum atomic E-state index is 4.80. The van der Waals surface area contributed by atoms with Crippen molar-refractivity contribution in [3.63, 3.8) is 0 Å². The van der Waals surface area contributed by atoms with Crippen molar-refractivity contribution in [2.75, 3.05) is 7.11 Å². The second-order valence-corrected chi connectivity index (χ2v) is 1.67. The molecule has 0 aliphatic carbocycles. The van der Waals surface area contributed by atoms with Gasteiger partial charge in [0.2, 0.25) is 0 Å². The van der Waals surface area contributed by atoms with Crippen LogP contribution in [0, 0.1) is 0 Å². The van der Waals surface area contributed by atoms with Gasteiger partial charge in [-0.3, -0.25) is 0 Å². The van der Waals surface area contributed by atoms with E-state index in [1.54, 1.807) is 7.11 Å². The van der Waals surface area contributed by atoms with Crippen LogP contribution in [0.15, 0.2) is 0 Å². The summed E-state index contributed by atoms with van der Waals surface area (Å²) < 4.78 is 9.51. The Bertz CT molecular complexity index is 28.0. The van der Waals surface area contributed by atoms with E-state index in [-0.39, 0.29) is 6.29 Å². The molecule has 3 heteroatoms. The first kappa shape index (κ1) is 6.54. The molecule has 0 aromatic carbocycles. The molecule has 0 saturated heterocycles. The molecule has 0 N–H and O–H groups in total. The summed E-state index contributed by atoms with van der Waals surface area (Å²) in [5.74, 6) is 0. The van der Waals surface area contributed by atoms with Crippen LogP contribution in [-0.4, -0.2) is 13.4 Å². The van der Waals surface area contributed by atoms with E-state index >= 15 is 0 Å². The molecule has 0 heterocycles. The molecule has 0 saturated carbocycles. The number of rotatable bonds is 2. The maximum absolute atomic E-state index is 4.80. The van der Waals surface area contributed by atoms with E-state index in [9.17, 15) is 0 Å². The Labute approximate surface area is 47.9 Å². The molecule has 1 atom stereocenters. The van der Waals surface area contributed by atoms with Crippen molar-refractivity contribution in [1.82, 2.24) is 0 Å². The van der Waals surface area contributed by atoms with Crippen molar-refractivity contribution >= 4 is 0 Å². The van der Waals surface area contributed by atoms with Gasteiger partial charge >= 0.3 is 47.3 Å². The molecule has 0 amide bonds. The minimum atomic E-state index is -0.00926. The second kappa shape index (κ2) is 3.72. The molecule has 0 fully saturated rings. The fraction of sp³-hybridized carbons (Fsp3) is 1.00. The molecule has 6 heavy (non-hydrogen) atoms. The van der Waals surface area contributed by atoms with E-state index in [0.29, 0.717) is 0 Å². The van der Waals surface area contributed by atoms with Crippen LogP contribution in [0.4, 0.5) is 0 Å². The molecule has 0 radical (unpaired) electrons. The van der Waals surface area contributed by atoms with Crippen LogP contribution >= 0.6 is 0 Å². The Morgan fingerprint density at radius 3 is 2.17 bits per heavy atom. The third kappa shape index (κ3) is 2.76. The van der Waals surface area contributed by atoms with Crippen molar-refractivity contribution in [3.8, 4) is 0 Å². The molecule has 0 aliphatic rings. The standard InChI is InChI=1S/C3H7O2.Zn/c1-3(4)5-2;/h3H,1-2H3;/q-1;+1. The summed E-state index contributed by atoms with van der Waals surface area (Å²) in [5.41, 5.74) is 0. The van der Waals surface area contributed by atoms with E-state index < -0.39 is 0 Å². The van der Waals surface area contributed by atoms with Crippen LogP contribution in [0.1, 0.15) is 6.92 Å². The predicted molar refractivity (Wildman–Crippen MR) is 17.6 cm³/mol. The quantitative estimate of drug-likeness (QED) is 0.410. The molecule has 0 rings (SSSR count). The molecular weight excluding hydrogens is 133 g/mol. The van der Waals surface area contributed by atoms with Gasteiger partial charge in [-0.25, -0.2) is 0 Å². The summed E-state index contributed by atoms with van der Waals surface area (Å²) >= 11 is 0.842. The third-order valence-corrected chi connectivity index (χ3v) is 1.55. The average Bonchev–Trinajstić information content (AvgIpc) is 1.65. The summed E-state index contributed by atoms with van der Waals surface area (Å²) in [7, 11) is 1.63. The topological polar surface area (TPSA) is 18.5 Å². The Morgan fingerprint density at radius 1 is 1.67 bits per heavy atom. The molecule has 33 valence electrons. The van der Waals surface area contributed by atoms with Crippen LogP contribution in [0.5, 0.6) is 0 Å². The summed E-state index contributed by atoms with van der Waals surface area (Å²) in [6, 6.07) is 0. The first-order valence-electron chi connectivity index (χ1n) is 1.75. The van der Waals surface area contributed by atoms with Crippen LogP contribution in [0.3, 0.4) is 0 Å². The van der Waals surface area contributed by atoms with Gasteiger partial charge < -0.3 is 0 Å². The molecule has 0 aromatic heterocycles. The molecule has 1 unspecified atom stereocenters. The Morgan fingerprint density at radius 2 is 2.17 bits per heavy atom. The summed E-state index contributed by atoms with van der Waals surface area (Å²) in [6.07, 6.45) is -0.00926.